The van der Waals surface area contributed by atoms with Crippen molar-refractivity contribution in [2.75, 3.05) is 5.75 Å². The number of aryl methyl sites for hydroxylation is 1. The van der Waals surface area contributed by atoms with Gasteiger partial charge in [-0.1, -0.05) is 6.07 Å². The summed E-state index contributed by atoms with van der Waals surface area (Å²) in [5, 5.41) is 10.8. The van der Waals surface area contributed by atoms with E-state index in [-0.39, 0.29) is 16.2 Å². The van der Waals surface area contributed by atoms with Gasteiger partial charge in [0, 0.05) is 9.35 Å². The summed E-state index contributed by atoms with van der Waals surface area (Å²) in [5.74, 6) is -1.19. The Morgan fingerprint density at radius 1 is 1.30 bits per heavy atom. The maximum absolute atomic E-state index is 12.3. The molecule has 0 aliphatic heterocycles. The third kappa shape index (κ3) is 3.47. The number of aromatic carboxylic acids is 1. The SMILES string of the molecule is O=C(O)c1ccc(Br)c(S(=O)(=O)CCc2cccs2)c1. The first kappa shape index (κ1) is 15.2. The van der Waals surface area contributed by atoms with Crippen molar-refractivity contribution in [3.63, 3.8) is 0 Å². The van der Waals surface area contributed by atoms with Crippen molar-refractivity contribution in [3.8, 4) is 0 Å². The van der Waals surface area contributed by atoms with Crippen LogP contribution in [0.15, 0.2) is 45.1 Å². The van der Waals surface area contributed by atoms with Gasteiger partial charge in [0.05, 0.1) is 16.2 Å². The summed E-state index contributed by atoms with van der Waals surface area (Å²) in [5.41, 5.74) is -0.0390. The van der Waals surface area contributed by atoms with Crippen molar-refractivity contribution in [3.05, 3.63) is 50.6 Å². The molecule has 2 aromatic rings. The van der Waals surface area contributed by atoms with Crippen LogP contribution in [0.2, 0.25) is 0 Å². The Morgan fingerprint density at radius 3 is 2.65 bits per heavy atom. The number of thiophene rings is 1. The van der Waals surface area contributed by atoms with E-state index in [2.05, 4.69) is 15.9 Å². The van der Waals surface area contributed by atoms with Gasteiger partial charge in [-0.3, -0.25) is 0 Å². The molecule has 7 heteroatoms. The molecule has 0 saturated heterocycles. The molecule has 0 saturated carbocycles. The molecular formula is C13H11BrO4S2. The Hall–Kier alpha value is -1.18. The third-order valence-corrected chi connectivity index (χ3v) is 6.35. The fourth-order valence-corrected chi connectivity index (χ4v) is 4.88. The van der Waals surface area contributed by atoms with Crippen molar-refractivity contribution in [1.29, 1.82) is 0 Å². The van der Waals surface area contributed by atoms with Crippen LogP contribution in [0.5, 0.6) is 0 Å². The van der Waals surface area contributed by atoms with Crippen molar-refractivity contribution in [1.82, 2.24) is 0 Å². The highest BCUT2D eigenvalue weighted by Crippen LogP contribution is 2.25. The van der Waals surface area contributed by atoms with Crippen LogP contribution in [0.1, 0.15) is 15.2 Å². The van der Waals surface area contributed by atoms with Gasteiger partial charge in [-0.25, -0.2) is 13.2 Å². The van der Waals surface area contributed by atoms with Gasteiger partial charge >= 0.3 is 5.97 Å². The molecule has 1 N–H and O–H groups in total. The summed E-state index contributed by atoms with van der Waals surface area (Å²) < 4.78 is 25.0. The molecule has 0 aliphatic rings. The van der Waals surface area contributed by atoms with Crippen LogP contribution in [0, 0.1) is 0 Å². The average Bonchev–Trinajstić information content (AvgIpc) is 2.89. The van der Waals surface area contributed by atoms with Crippen LogP contribution >= 0.6 is 27.3 Å². The molecule has 0 amide bonds. The normalized spacial score (nSPS) is 11.4. The predicted octanol–water partition coefficient (Wildman–Crippen LogP) is 3.23. The van der Waals surface area contributed by atoms with Crippen LogP contribution in [0.3, 0.4) is 0 Å². The Balaban J connectivity index is 2.28. The lowest BCUT2D eigenvalue weighted by Crippen LogP contribution is -2.11. The topological polar surface area (TPSA) is 71.4 Å². The van der Waals surface area contributed by atoms with Crippen molar-refractivity contribution in [2.45, 2.75) is 11.3 Å². The maximum Gasteiger partial charge on any atom is 0.335 e. The second-order valence-corrected chi connectivity index (χ2v) is 8.06. The van der Waals surface area contributed by atoms with Crippen molar-refractivity contribution in [2.24, 2.45) is 0 Å². The molecule has 1 aromatic carbocycles. The number of carboxylic acids is 1. The van der Waals surface area contributed by atoms with Gasteiger partial charge in [-0.15, -0.1) is 11.3 Å². The van der Waals surface area contributed by atoms with Crippen LogP contribution < -0.4 is 0 Å². The molecule has 0 spiro atoms. The number of hydrogen-bond donors (Lipinski definition) is 1. The minimum atomic E-state index is -3.53. The minimum Gasteiger partial charge on any atom is -0.478 e. The number of benzene rings is 1. The molecule has 106 valence electrons. The van der Waals surface area contributed by atoms with Crippen molar-refractivity contribution >= 4 is 43.1 Å². The van der Waals surface area contributed by atoms with Gasteiger partial charge in [0.15, 0.2) is 9.84 Å². The van der Waals surface area contributed by atoms with E-state index in [1.165, 1.54) is 29.5 Å². The molecule has 1 heterocycles. The Morgan fingerprint density at radius 2 is 2.05 bits per heavy atom. The zero-order chi connectivity index (χ0) is 14.8. The fraction of sp³-hybridized carbons (Fsp3) is 0.154. The third-order valence-electron chi connectivity index (χ3n) is 2.71. The Labute approximate surface area is 129 Å². The van der Waals surface area contributed by atoms with Crippen LogP contribution in [0.25, 0.3) is 0 Å². The minimum absolute atomic E-state index is 0.0222. The highest BCUT2D eigenvalue weighted by atomic mass is 79.9. The van der Waals surface area contributed by atoms with E-state index in [4.69, 9.17) is 5.11 Å². The number of halogens is 1. The van der Waals surface area contributed by atoms with E-state index in [9.17, 15) is 13.2 Å². The number of carboxylic acid groups (broad SMARTS) is 1. The zero-order valence-corrected chi connectivity index (χ0v) is 13.5. The molecule has 0 atom stereocenters. The monoisotopic (exact) mass is 374 g/mol. The summed E-state index contributed by atoms with van der Waals surface area (Å²) in [4.78, 5) is 11.9. The van der Waals surface area contributed by atoms with E-state index < -0.39 is 15.8 Å². The lowest BCUT2D eigenvalue weighted by molar-refractivity contribution is 0.0696. The summed E-state index contributed by atoms with van der Waals surface area (Å²) >= 11 is 4.67. The van der Waals surface area contributed by atoms with Gasteiger partial charge in [-0.2, -0.15) is 0 Å². The average molecular weight is 375 g/mol. The maximum atomic E-state index is 12.3. The Bertz CT molecular complexity index is 721. The van der Waals surface area contributed by atoms with Gasteiger partial charge in [0.2, 0.25) is 0 Å². The summed E-state index contributed by atoms with van der Waals surface area (Å²) in [6.07, 6.45) is 0.420. The molecular weight excluding hydrogens is 364 g/mol. The fourth-order valence-electron chi connectivity index (χ4n) is 1.67. The second kappa shape index (κ2) is 6.07. The first-order chi connectivity index (χ1) is 9.40. The first-order valence-corrected chi connectivity index (χ1v) is 9.00. The van der Waals surface area contributed by atoms with E-state index in [1.807, 2.05) is 17.5 Å². The lowest BCUT2D eigenvalue weighted by atomic mass is 10.2. The van der Waals surface area contributed by atoms with Gasteiger partial charge in [0.25, 0.3) is 0 Å². The highest BCUT2D eigenvalue weighted by molar-refractivity contribution is 9.10. The number of hydrogen-bond acceptors (Lipinski definition) is 4. The lowest BCUT2D eigenvalue weighted by Gasteiger charge is -2.07. The van der Waals surface area contributed by atoms with E-state index in [0.717, 1.165) is 4.88 Å². The zero-order valence-electron chi connectivity index (χ0n) is 10.2. The predicted molar refractivity (Wildman–Crippen MR) is 81.2 cm³/mol. The number of carbonyl (C=O) groups is 1. The smallest absolute Gasteiger partial charge is 0.335 e. The standard InChI is InChI=1S/C13H11BrO4S2/c14-11-4-3-9(13(15)16)8-12(11)20(17,18)7-5-10-2-1-6-19-10/h1-4,6,8H,5,7H2,(H,15,16). The largest absolute Gasteiger partial charge is 0.478 e. The molecule has 0 fully saturated rings. The molecule has 0 unspecified atom stereocenters. The van der Waals surface area contributed by atoms with Gasteiger partial charge in [-0.05, 0) is 52.0 Å². The first-order valence-electron chi connectivity index (χ1n) is 5.68. The van der Waals surface area contributed by atoms with Crippen LogP contribution in [-0.4, -0.2) is 25.2 Å². The number of rotatable bonds is 5. The van der Waals surface area contributed by atoms with Gasteiger partial charge in [0.1, 0.15) is 0 Å². The van der Waals surface area contributed by atoms with E-state index in [0.29, 0.717) is 10.9 Å². The summed E-state index contributed by atoms with van der Waals surface area (Å²) in [7, 11) is -3.53. The van der Waals surface area contributed by atoms with E-state index in [1.54, 1.807) is 0 Å². The highest BCUT2D eigenvalue weighted by Gasteiger charge is 2.20. The molecule has 20 heavy (non-hydrogen) atoms. The van der Waals surface area contributed by atoms with Crippen LogP contribution in [0.4, 0.5) is 0 Å². The molecule has 4 nitrogen and oxygen atoms in total. The summed E-state index contributed by atoms with van der Waals surface area (Å²) in [6.45, 7) is 0. The summed E-state index contributed by atoms with van der Waals surface area (Å²) in [6, 6.07) is 7.75. The molecule has 2 rings (SSSR count). The molecule has 1 aromatic heterocycles. The van der Waals surface area contributed by atoms with E-state index >= 15 is 0 Å². The molecule has 0 radical (unpaired) electrons. The molecule has 0 aliphatic carbocycles. The van der Waals surface area contributed by atoms with Crippen LogP contribution in [-0.2, 0) is 16.3 Å². The Kier molecular flexibility index (Phi) is 4.62. The number of sulfone groups is 1. The molecule has 0 bridgehead atoms. The second-order valence-electron chi connectivity index (χ2n) is 4.10. The quantitative estimate of drug-likeness (QED) is 0.871. The van der Waals surface area contributed by atoms with Crippen molar-refractivity contribution < 1.29 is 18.3 Å². The van der Waals surface area contributed by atoms with Gasteiger partial charge < -0.3 is 5.11 Å².